The van der Waals surface area contributed by atoms with Crippen LogP contribution in [0.1, 0.15) is 29.3 Å². The van der Waals surface area contributed by atoms with Crippen molar-refractivity contribution in [2.24, 2.45) is 0 Å². The summed E-state index contributed by atoms with van der Waals surface area (Å²) in [5.41, 5.74) is -0.220. The third-order valence-corrected chi connectivity index (χ3v) is 4.38. The molecule has 1 amide bonds. The topological polar surface area (TPSA) is 104 Å². The average Bonchev–Trinajstić information content (AvgIpc) is 2.79. The van der Waals surface area contributed by atoms with Crippen LogP contribution < -0.4 is 5.32 Å². The quantitative estimate of drug-likeness (QED) is 0.799. The molecule has 1 aliphatic rings. The second kappa shape index (κ2) is 4.38. The lowest BCUT2D eigenvalue weighted by atomic mass is 9.90. The van der Waals surface area contributed by atoms with Crippen molar-refractivity contribution < 1.29 is 4.79 Å². The van der Waals surface area contributed by atoms with Gasteiger partial charge in [-0.25, -0.2) is 0 Å². The molecule has 0 unspecified atom stereocenters. The summed E-state index contributed by atoms with van der Waals surface area (Å²) >= 11 is 1.26. The summed E-state index contributed by atoms with van der Waals surface area (Å²) in [5.74, 6) is -0.198. The van der Waals surface area contributed by atoms with Gasteiger partial charge in [0.2, 0.25) is 5.91 Å². The number of hydrogen-bond donors (Lipinski definition) is 2. The lowest BCUT2D eigenvalue weighted by Crippen LogP contribution is -2.58. The molecule has 0 radical (unpaired) electrons. The van der Waals surface area contributed by atoms with E-state index in [9.17, 15) is 10.1 Å². The molecule has 1 aliphatic heterocycles. The van der Waals surface area contributed by atoms with Crippen molar-refractivity contribution in [1.82, 2.24) is 10.2 Å². The third-order valence-electron chi connectivity index (χ3n) is 3.13. The number of hydrogen-bond acceptors (Lipinski definition) is 5. The monoisotopic (exact) mass is 273 g/mol. The number of nitrogens with zero attached hydrogens (tertiary/aromatic N) is 3. The standard InChI is InChI=1S/C12H11N5OS/c1-12(3-9(18)17(2)11(15)16-12)10-8(5-14)7(4-13)6-19-10/h6H,3H2,1-2H3,(H2,15,16)/t12-/m0/s1. The number of nitriles is 2. The highest BCUT2D eigenvalue weighted by molar-refractivity contribution is 7.10. The van der Waals surface area contributed by atoms with Crippen LogP contribution in [0.15, 0.2) is 5.38 Å². The Morgan fingerprint density at radius 3 is 2.74 bits per heavy atom. The van der Waals surface area contributed by atoms with Crippen molar-refractivity contribution in [3.05, 3.63) is 21.4 Å². The van der Waals surface area contributed by atoms with E-state index < -0.39 is 5.54 Å². The largest absolute Gasteiger partial charge is 0.345 e. The first-order chi connectivity index (χ1) is 8.92. The van der Waals surface area contributed by atoms with E-state index in [-0.39, 0.29) is 23.9 Å². The normalized spacial score (nSPS) is 22.6. The second-order valence-corrected chi connectivity index (χ2v) is 5.39. The summed E-state index contributed by atoms with van der Waals surface area (Å²) in [6, 6.07) is 3.98. The van der Waals surface area contributed by atoms with Gasteiger partial charge in [0.05, 0.1) is 23.1 Å². The molecule has 0 spiro atoms. The predicted molar refractivity (Wildman–Crippen MR) is 69.4 cm³/mol. The molecule has 1 aromatic rings. The van der Waals surface area contributed by atoms with Gasteiger partial charge in [-0.2, -0.15) is 10.5 Å². The van der Waals surface area contributed by atoms with Gasteiger partial charge in [-0.15, -0.1) is 11.3 Å². The van der Waals surface area contributed by atoms with Crippen molar-refractivity contribution >= 4 is 23.2 Å². The summed E-state index contributed by atoms with van der Waals surface area (Å²) in [7, 11) is 1.53. The van der Waals surface area contributed by atoms with Crippen molar-refractivity contribution in [1.29, 1.82) is 15.9 Å². The van der Waals surface area contributed by atoms with E-state index in [0.717, 1.165) is 0 Å². The lowest BCUT2D eigenvalue weighted by Gasteiger charge is -2.38. The Bertz CT molecular complexity index is 630. The fourth-order valence-corrected chi connectivity index (χ4v) is 3.09. The molecule has 0 bridgehead atoms. The number of rotatable bonds is 1. The van der Waals surface area contributed by atoms with Crippen LogP contribution in [0.5, 0.6) is 0 Å². The molecule has 1 atom stereocenters. The van der Waals surface area contributed by atoms with Gasteiger partial charge in [0.1, 0.15) is 12.1 Å². The highest BCUT2D eigenvalue weighted by Crippen LogP contribution is 2.36. The molecule has 2 N–H and O–H groups in total. The van der Waals surface area contributed by atoms with Crippen molar-refractivity contribution in [2.75, 3.05) is 7.05 Å². The molecule has 0 aliphatic carbocycles. The first-order valence-electron chi connectivity index (χ1n) is 5.48. The number of carbonyl (C=O) groups is 1. The van der Waals surface area contributed by atoms with Crippen LogP contribution in [0.4, 0.5) is 0 Å². The van der Waals surface area contributed by atoms with Gasteiger partial charge in [0.25, 0.3) is 0 Å². The Hall–Kier alpha value is -2.38. The fraction of sp³-hybridized carbons (Fsp3) is 0.333. The molecule has 1 saturated heterocycles. The number of thiophene rings is 1. The van der Waals surface area contributed by atoms with Crippen molar-refractivity contribution in [2.45, 2.75) is 18.9 Å². The minimum atomic E-state index is -0.814. The maximum absolute atomic E-state index is 11.9. The Labute approximate surface area is 114 Å². The number of nitrogens with one attached hydrogen (secondary N) is 2. The van der Waals surface area contributed by atoms with E-state index in [4.69, 9.17) is 10.7 Å². The molecule has 6 nitrogen and oxygen atoms in total. The highest BCUT2D eigenvalue weighted by Gasteiger charge is 2.40. The van der Waals surface area contributed by atoms with Gasteiger partial charge in [-0.05, 0) is 6.92 Å². The van der Waals surface area contributed by atoms with E-state index in [1.165, 1.54) is 23.3 Å². The molecule has 0 aromatic carbocycles. The summed E-state index contributed by atoms with van der Waals surface area (Å²) < 4.78 is 0. The summed E-state index contributed by atoms with van der Waals surface area (Å²) in [6.45, 7) is 1.76. The molecule has 96 valence electrons. The Balaban J connectivity index is 2.50. The van der Waals surface area contributed by atoms with Crippen molar-refractivity contribution in [3.63, 3.8) is 0 Å². The Morgan fingerprint density at radius 2 is 2.21 bits per heavy atom. The fourth-order valence-electron chi connectivity index (χ4n) is 2.03. The van der Waals surface area contributed by atoms with E-state index in [1.54, 1.807) is 12.3 Å². The molecular formula is C12H11N5OS. The summed E-state index contributed by atoms with van der Waals surface area (Å²) in [4.78, 5) is 13.7. The molecule has 2 rings (SSSR count). The molecule has 19 heavy (non-hydrogen) atoms. The molecule has 1 fully saturated rings. The number of carbonyl (C=O) groups excluding carboxylic acids is 1. The Morgan fingerprint density at radius 1 is 1.53 bits per heavy atom. The average molecular weight is 273 g/mol. The Kier molecular flexibility index (Phi) is 3.01. The lowest BCUT2D eigenvalue weighted by molar-refractivity contribution is -0.129. The first-order valence-corrected chi connectivity index (χ1v) is 6.36. The van der Waals surface area contributed by atoms with Crippen molar-refractivity contribution in [3.8, 4) is 12.1 Å². The SMILES string of the molecule is CN1C(=N)N[C@](C)(c2scc(C#N)c2C#N)CC1=O. The van der Waals surface area contributed by atoms with Crippen LogP contribution in [0.25, 0.3) is 0 Å². The minimum absolute atomic E-state index is 0.00505. The van der Waals surface area contributed by atoms with Crippen LogP contribution in [-0.2, 0) is 10.3 Å². The first kappa shape index (κ1) is 13.1. The van der Waals surface area contributed by atoms with Gasteiger partial charge >= 0.3 is 0 Å². The van der Waals surface area contributed by atoms with E-state index >= 15 is 0 Å². The number of amides is 1. The molecule has 0 saturated carbocycles. The zero-order chi connectivity index (χ0) is 14.2. The smallest absolute Gasteiger partial charge is 0.231 e. The van der Waals surface area contributed by atoms with Crippen LogP contribution in [-0.4, -0.2) is 23.8 Å². The maximum atomic E-state index is 11.9. The molecule has 1 aromatic heterocycles. The molecular weight excluding hydrogens is 262 g/mol. The van der Waals surface area contributed by atoms with Gasteiger partial charge in [0.15, 0.2) is 5.96 Å². The highest BCUT2D eigenvalue weighted by atomic mass is 32.1. The van der Waals surface area contributed by atoms with Gasteiger partial charge in [-0.1, -0.05) is 0 Å². The van der Waals surface area contributed by atoms with E-state index in [1.807, 2.05) is 12.1 Å². The van der Waals surface area contributed by atoms with Crippen LogP contribution in [0.3, 0.4) is 0 Å². The van der Waals surface area contributed by atoms with Gasteiger partial charge in [-0.3, -0.25) is 15.1 Å². The predicted octanol–water partition coefficient (Wildman–Crippen LogP) is 1.09. The van der Waals surface area contributed by atoms with E-state index in [0.29, 0.717) is 10.4 Å². The molecule has 2 heterocycles. The summed E-state index contributed by atoms with van der Waals surface area (Å²) in [5, 5.41) is 30.4. The van der Waals surface area contributed by atoms with Gasteiger partial charge < -0.3 is 5.32 Å². The number of guanidine groups is 1. The van der Waals surface area contributed by atoms with Crippen LogP contribution in [0, 0.1) is 28.1 Å². The third kappa shape index (κ3) is 1.94. The summed E-state index contributed by atoms with van der Waals surface area (Å²) in [6.07, 6.45) is 0.145. The maximum Gasteiger partial charge on any atom is 0.231 e. The molecule has 7 heteroatoms. The van der Waals surface area contributed by atoms with Crippen LogP contribution in [0.2, 0.25) is 0 Å². The second-order valence-electron chi connectivity index (χ2n) is 4.51. The zero-order valence-electron chi connectivity index (χ0n) is 10.4. The van der Waals surface area contributed by atoms with Gasteiger partial charge in [0, 0.05) is 17.3 Å². The van der Waals surface area contributed by atoms with E-state index in [2.05, 4.69) is 5.32 Å². The van der Waals surface area contributed by atoms with Crippen LogP contribution >= 0.6 is 11.3 Å². The minimum Gasteiger partial charge on any atom is -0.345 e. The zero-order valence-corrected chi connectivity index (χ0v) is 11.3.